The number of esters is 1. The van der Waals surface area contributed by atoms with Gasteiger partial charge in [-0.05, 0) is 42.3 Å². The molecule has 1 aromatic carbocycles. The SMILES string of the molecule is CCCn1c(C)cc(C(=O)COC(=O)[C@H](Cc2ccccc2)n2cnnn2)c1C. The van der Waals surface area contributed by atoms with Crippen molar-refractivity contribution >= 4 is 11.8 Å². The minimum atomic E-state index is -0.743. The van der Waals surface area contributed by atoms with Crippen LogP contribution in [0.15, 0.2) is 42.7 Å². The summed E-state index contributed by atoms with van der Waals surface area (Å²) in [4.78, 5) is 25.4. The Balaban J connectivity index is 1.70. The summed E-state index contributed by atoms with van der Waals surface area (Å²) in [6.45, 7) is 6.51. The van der Waals surface area contributed by atoms with Crippen LogP contribution in [0.2, 0.25) is 0 Å². The third kappa shape index (κ3) is 4.77. The van der Waals surface area contributed by atoms with E-state index >= 15 is 0 Å². The minimum Gasteiger partial charge on any atom is -0.456 e. The van der Waals surface area contributed by atoms with Gasteiger partial charge in [0.05, 0.1) is 0 Å². The molecule has 8 nitrogen and oxygen atoms in total. The smallest absolute Gasteiger partial charge is 0.331 e. The van der Waals surface area contributed by atoms with Crippen LogP contribution in [0.1, 0.15) is 46.7 Å². The van der Waals surface area contributed by atoms with Gasteiger partial charge < -0.3 is 9.30 Å². The lowest BCUT2D eigenvalue weighted by Crippen LogP contribution is -2.27. The molecule has 3 rings (SSSR count). The first-order chi connectivity index (χ1) is 14.0. The molecule has 8 heteroatoms. The molecule has 0 aliphatic rings. The number of carbonyl (C=O) groups is 2. The van der Waals surface area contributed by atoms with Crippen molar-refractivity contribution in [1.29, 1.82) is 0 Å². The molecule has 0 amide bonds. The van der Waals surface area contributed by atoms with Gasteiger partial charge in [-0.15, -0.1) is 5.10 Å². The van der Waals surface area contributed by atoms with Gasteiger partial charge in [-0.2, -0.15) is 0 Å². The number of aryl methyl sites for hydroxylation is 1. The van der Waals surface area contributed by atoms with E-state index in [-0.39, 0.29) is 12.4 Å². The predicted molar refractivity (Wildman–Crippen MR) is 106 cm³/mol. The quantitative estimate of drug-likeness (QED) is 0.409. The molecule has 0 aliphatic heterocycles. The average Bonchev–Trinajstić information content (AvgIpc) is 3.35. The summed E-state index contributed by atoms with van der Waals surface area (Å²) in [5.74, 6) is -0.763. The summed E-state index contributed by atoms with van der Waals surface area (Å²) >= 11 is 0. The molecule has 2 aromatic heterocycles. The van der Waals surface area contributed by atoms with E-state index in [1.807, 2.05) is 50.2 Å². The van der Waals surface area contributed by atoms with Crippen LogP contribution in [0.4, 0.5) is 0 Å². The largest absolute Gasteiger partial charge is 0.456 e. The number of hydrogen-bond donors (Lipinski definition) is 0. The van der Waals surface area contributed by atoms with Gasteiger partial charge >= 0.3 is 5.97 Å². The Morgan fingerprint density at radius 3 is 2.59 bits per heavy atom. The summed E-state index contributed by atoms with van der Waals surface area (Å²) in [5, 5.41) is 11.0. The molecule has 0 fully saturated rings. The summed E-state index contributed by atoms with van der Waals surface area (Å²) in [6, 6.07) is 10.6. The highest BCUT2D eigenvalue weighted by Gasteiger charge is 2.25. The Morgan fingerprint density at radius 2 is 1.93 bits per heavy atom. The third-order valence-electron chi connectivity index (χ3n) is 4.89. The van der Waals surface area contributed by atoms with Crippen LogP contribution in [0, 0.1) is 13.8 Å². The molecule has 0 saturated heterocycles. The second-order valence-corrected chi connectivity index (χ2v) is 6.96. The van der Waals surface area contributed by atoms with Gasteiger partial charge in [0.1, 0.15) is 6.33 Å². The first kappa shape index (κ1) is 20.4. The zero-order chi connectivity index (χ0) is 20.8. The topological polar surface area (TPSA) is 91.9 Å². The van der Waals surface area contributed by atoms with Crippen molar-refractivity contribution in [3.8, 4) is 0 Å². The molecule has 0 bridgehead atoms. The zero-order valence-corrected chi connectivity index (χ0v) is 16.9. The fourth-order valence-corrected chi connectivity index (χ4v) is 3.40. The lowest BCUT2D eigenvalue weighted by atomic mass is 10.1. The molecule has 0 spiro atoms. The number of carbonyl (C=O) groups excluding carboxylic acids is 2. The molecule has 0 aliphatic carbocycles. The van der Waals surface area contributed by atoms with Crippen LogP contribution in [0.5, 0.6) is 0 Å². The van der Waals surface area contributed by atoms with Gasteiger partial charge in [-0.1, -0.05) is 37.3 Å². The van der Waals surface area contributed by atoms with Crippen LogP contribution < -0.4 is 0 Å². The van der Waals surface area contributed by atoms with Crippen molar-refractivity contribution in [2.24, 2.45) is 0 Å². The average molecular weight is 395 g/mol. The highest BCUT2D eigenvalue weighted by atomic mass is 16.5. The van der Waals surface area contributed by atoms with Crippen LogP contribution in [0.3, 0.4) is 0 Å². The van der Waals surface area contributed by atoms with Crippen molar-refractivity contribution in [1.82, 2.24) is 24.8 Å². The van der Waals surface area contributed by atoms with E-state index in [1.54, 1.807) is 0 Å². The standard InChI is InChI=1S/C21H25N5O3/c1-4-10-25-15(2)11-18(16(25)3)20(27)13-29-21(28)19(26-14-22-23-24-26)12-17-8-6-5-7-9-17/h5-9,11,14,19H,4,10,12-13H2,1-3H3/t19-/m0/s1. The molecule has 0 unspecified atom stereocenters. The van der Waals surface area contributed by atoms with Gasteiger partial charge in [-0.25, -0.2) is 9.48 Å². The molecule has 29 heavy (non-hydrogen) atoms. The monoisotopic (exact) mass is 395 g/mol. The molecule has 152 valence electrons. The molecule has 0 N–H and O–H groups in total. The summed E-state index contributed by atoms with van der Waals surface area (Å²) in [5.41, 5.74) is 3.45. The van der Waals surface area contributed by atoms with Gasteiger partial charge in [0.15, 0.2) is 12.6 Å². The normalized spacial score (nSPS) is 12.0. The Kier molecular flexibility index (Phi) is 6.54. The highest BCUT2D eigenvalue weighted by Crippen LogP contribution is 2.18. The first-order valence-corrected chi connectivity index (χ1v) is 9.64. The van der Waals surface area contributed by atoms with E-state index in [0.717, 1.165) is 29.9 Å². The van der Waals surface area contributed by atoms with Crippen molar-refractivity contribution in [3.63, 3.8) is 0 Å². The Labute approximate surface area is 169 Å². The highest BCUT2D eigenvalue weighted by molar-refractivity contribution is 5.99. The maximum Gasteiger partial charge on any atom is 0.331 e. The number of ether oxygens (including phenoxy) is 1. The van der Waals surface area contributed by atoms with Crippen molar-refractivity contribution in [3.05, 3.63) is 65.2 Å². The molecular formula is C21H25N5O3. The molecule has 3 aromatic rings. The Bertz CT molecular complexity index is 964. The fraction of sp³-hybridized carbons (Fsp3) is 0.381. The van der Waals surface area contributed by atoms with E-state index < -0.39 is 12.0 Å². The second-order valence-electron chi connectivity index (χ2n) is 6.96. The number of rotatable bonds is 9. The number of nitrogens with zero attached hydrogens (tertiary/aromatic N) is 5. The molecule has 0 radical (unpaired) electrons. The number of benzene rings is 1. The zero-order valence-electron chi connectivity index (χ0n) is 16.9. The summed E-state index contributed by atoms with van der Waals surface area (Å²) < 4.78 is 8.83. The van der Waals surface area contributed by atoms with Gasteiger partial charge in [-0.3, -0.25) is 4.79 Å². The van der Waals surface area contributed by atoms with Crippen molar-refractivity contribution < 1.29 is 14.3 Å². The lowest BCUT2D eigenvalue weighted by Gasteiger charge is -2.15. The van der Waals surface area contributed by atoms with E-state index in [1.165, 1.54) is 11.0 Å². The maximum atomic E-state index is 12.7. The van der Waals surface area contributed by atoms with E-state index in [4.69, 9.17) is 4.74 Å². The molecule has 1 atom stereocenters. The Hall–Kier alpha value is -3.29. The lowest BCUT2D eigenvalue weighted by molar-refractivity contribution is -0.146. The minimum absolute atomic E-state index is 0.219. The van der Waals surface area contributed by atoms with Crippen molar-refractivity contribution in [2.45, 2.75) is 46.2 Å². The van der Waals surface area contributed by atoms with Crippen LogP contribution in [-0.4, -0.2) is 43.1 Å². The number of aromatic nitrogens is 5. The van der Waals surface area contributed by atoms with E-state index in [9.17, 15) is 9.59 Å². The maximum absolute atomic E-state index is 12.7. The third-order valence-corrected chi connectivity index (χ3v) is 4.89. The van der Waals surface area contributed by atoms with Crippen LogP contribution in [0.25, 0.3) is 0 Å². The van der Waals surface area contributed by atoms with Gasteiger partial charge in [0.25, 0.3) is 0 Å². The predicted octanol–water partition coefficient (Wildman–Crippen LogP) is 2.71. The number of ketones is 1. The van der Waals surface area contributed by atoms with Crippen LogP contribution in [-0.2, 0) is 22.5 Å². The van der Waals surface area contributed by atoms with Gasteiger partial charge in [0.2, 0.25) is 5.78 Å². The number of hydrogen-bond acceptors (Lipinski definition) is 6. The van der Waals surface area contributed by atoms with Gasteiger partial charge in [0, 0.05) is 29.9 Å². The summed E-state index contributed by atoms with van der Waals surface area (Å²) in [6.07, 6.45) is 2.71. The van der Waals surface area contributed by atoms with Crippen LogP contribution >= 0.6 is 0 Å². The van der Waals surface area contributed by atoms with E-state index in [0.29, 0.717) is 12.0 Å². The fourth-order valence-electron chi connectivity index (χ4n) is 3.40. The van der Waals surface area contributed by atoms with E-state index in [2.05, 4.69) is 27.0 Å². The number of tetrazole rings is 1. The molecule has 2 heterocycles. The first-order valence-electron chi connectivity index (χ1n) is 9.64. The second kappa shape index (κ2) is 9.27. The van der Waals surface area contributed by atoms with Crippen molar-refractivity contribution in [2.75, 3.05) is 6.61 Å². The number of Topliss-reactive ketones (excluding diaryl/α,β-unsaturated/α-hetero) is 1. The molecule has 0 saturated carbocycles. The molecular weight excluding hydrogens is 370 g/mol. The Morgan fingerprint density at radius 1 is 1.17 bits per heavy atom. The summed E-state index contributed by atoms with van der Waals surface area (Å²) in [7, 11) is 0.